The number of aromatic nitrogens is 1. The van der Waals surface area contributed by atoms with Crippen molar-refractivity contribution >= 4 is 17.8 Å². The highest BCUT2D eigenvalue weighted by Gasteiger charge is 2.10. The Morgan fingerprint density at radius 2 is 1.92 bits per heavy atom. The first-order valence-electron chi connectivity index (χ1n) is 7.09. The van der Waals surface area contributed by atoms with E-state index in [9.17, 15) is 14.4 Å². The highest BCUT2D eigenvalue weighted by atomic mass is 16.5. The van der Waals surface area contributed by atoms with Crippen molar-refractivity contribution in [3.05, 3.63) is 59.4 Å². The Hall–Kier alpha value is -3.22. The molecule has 1 aromatic heterocycles. The second kappa shape index (κ2) is 7.87. The summed E-state index contributed by atoms with van der Waals surface area (Å²) in [6.07, 6.45) is 1.47. The van der Waals surface area contributed by atoms with E-state index in [0.29, 0.717) is 22.6 Å². The van der Waals surface area contributed by atoms with Crippen LogP contribution in [0.3, 0.4) is 0 Å². The van der Waals surface area contributed by atoms with Crippen LogP contribution in [0.1, 0.15) is 33.3 Å². The van der Waals surface area contributed by atoms with E-state index in [4.69, 9.17) is 4.74 Å². The van der Waals surface area contributed by atoms with Crippen LogP contribution in [0.4, 0.5) is 0 Å². The fourth-order valence-corrected chi connectivity index (χ4v) is 1.96. The number of pyridine rings is 1. The molecule has 1 aromatic carbocycles. The molecule has 7 heteroatoms. The minimum absolute atomic E-state index is 0.140. The van der Waals surface area contributed by atoms with Crippen molar-refractivity contribution in [3.63, 3.8) is 0 Å². The van der Waals surface area contributed by atoms with Crippen LogP contribution in [0.15, 0.2) is 42.6 Å². The Morgan fingerprint density at radius 3 is 2.62 bits per heavy atom. The van der Waals surface area contributed by atoms with Gasteiger partial charge in [-0.25, -0.2) is 4.79 Å². The van der Waals surface area contributed by atoms with Crippen molar-refractivity contribution < 1.29 is 23.9 Å². The maximum absolute atomic E-state index is 12.2. The molecule has 1 N–H and O–H groups in total. The summed E-state index contributed by atoms with van der Waals surface area (Å²) in [7, 11) is 1.29. The van der Waals surface area contributed by atoms with Crippen LogP contribution in [0, 0.1) is 0 Å². The molecule has 0 saturated heterocycles. The van der Waals surface area contributed by atoms with E-state index in [2.05, 4.69) is 15.0 Å². The summed E-state index contributed by atoms with van der Waals surface area (Å²) in [5.41, 5.74) is 1.22. The lowest BCUT2D eigenvalue weighted by atomic mass is 10.2. The molecule has 0 unspecified atom stereocenters. The van der Waals surface area contributed by atoms with Crippen molar-refractivity contribution in [2.45, 2.75) is 13.5 Å². The molecular formula is C17H16N2O5. The third kappa shape index (κ3) is 4.64. The van der Waals surface area contributed by atoms with Gasteiger partial charge in [-0.15, -0.1) is 0 Å². The first-order valence-corrected chi connectivity index (χ1v) is 7.09. The molecule has 0 radical (unpaired) electrons. The molecule has 2 aromatic rings. The Kier molecular flexibility index (Phi) is 5.62. The second-order valence-corrected chi connectivity index (χ2v) is 4.83. The van der Waals surface area contributed by atoms with Gasteiger partial charge in [0.1, 0.15) is 5.75 Å². The average molecular weight is 328 g/mol. The highest BCUT2D eigenvalue weighted by molar-refractivity contribution is 5.94. The number of carbonyl (C=O) groups excluding carboxylic acids is 3. The maximum atomic E-state index is 12.2. The predicted molar refractivity (Wildman–Crippen MR) is 84.5 cm³/mol. The Labute approximate surface area is 138 Å². The molecule has 0 aliphatic rings. The monoisotopic (exact) mass is 328 g/mol. The zero-order valence-corrected chi connectivity index (χ0v) is 13.2. The normalized spacial score (nSPS) is 9.92. The number of nitrogens with one attached hydrogen (secondary N) is 1. The van der Waals surface area contributed by atoms with Crippen molar-refractivity contribution in [1.29, 1.82) is 0 Å². The summed E-state index contributed by atoms with van der Waals surface area (Å²) in [5, 5.41) is 2.69. The maximum Gasteiger partial charge on any atom is 0.337 e. The molecule has 2 rings (SSSR count). The van der Waals surface area contributed by atoms with Gasteiger partial charge in [0.2, 0.25) is 0 Å². The smallest absolute Gasteiger partial charge is 0.337 e. The van der Waals surface area contributed by atoms with E-state index < -0.39 is 11.9 Å². The number of hydrogen-bond donors (Lipinski definition) is 1. The van der Waals surface area contributed by atoms with Gasteiger partial charge in [0.05, 0.1) is 24.9 Å². The number of carbonyl (C=O) groups is 3. The van der Waals surface area contributed by atoms with Gasteiger partial charge in [-0.1, -0.05) is 6.07 Å². The molecule has 0 fully saturated rings. The Balaban J connectivity index is 2.03. The van der Waals surface area contributed by atoms with Crippen LogP contribution in [0.25, 0.3) is 0 Å². The molecule has 0 bridgehead atoms. The minimum atomic E-state index is -0.473. The van der Waals surface area contributed by atoms with Gasteiger partial charge in [-0.05, 0) is 30.3 Å². The first-order chi connectivity index (χ1) is 11.5. The molecule has 0 aliphatic carbocycles. The zero-order valence-electron chi connectivity index (χ0n) is 13.2. The van der Waals surface area contributed by atoms with Crippen LogP contribution in [-0.2, 0) is 16.1 Å². The number of nitrogens with zero attached hydrogens (tertiary/aromatic N) is 1. The molecule has 24 heavy (non-hydrogen) atoms. The van der Waals surface area contributed by atoms with E-state index >= 15 is 0 Å². The molecule has 7 nitrogen and oxygen atoms in total. The average Bonchev–Trinajstić information content (AvgIpc) is 2.59. The topological polar surface area (TPSA) is 94.6 Å². The van der Waals surface area contributed by atoms with Gasteiger partial charge in [0.25, 0.3) is 5.91 Å². The molecule has 0 atom stereocenters. The van der Waals surface area contributed by atoms with E-state index in [1.807, 2.05) is 0 Å². The standard InChI is InChI=1S/C17H16N2O5/c1-11(20)24-15-5-3-4-12(9-15)16(21)19-10-14-8-13(6-7-18-14)17(22)23-2/h3-9H,10H2,1-2H3,(H,19,21). The number of benzene rings is 1. The molecule has 0 saturated carbocycles. The van der Waals surface area contributed by atoms with Gasteiger partial charge < -0.3 is 14.8 Å². The third-order valence-electron chi connectivity index (χ3n) is 3.03. The summed E-state index contributed by atoms with van der Waals surface area (Å²) in [5.74, 6) is -0.995. The van der Waals surface area contributed by atoms with Crippen LogP contribution in [0.5, 0.6) is 5.75 Å². The van der Waals surface area contributed by atoms with E-state index in [0.717, 1.165) is 0 Å². The highest BCUT2D eigenvalue weighted by Crippen LogP contribution is 2.13. The van der Waals surface area contributed by atoms with Crippen LogP contribution < -0.4 is 10.1 Å². The predicted octanol–water partition coefficient (Wildman–Crippen LogP) is 1.72. The lowest BCUT2D eigenvalue weighted by molar-refractivity contribution is -0.131. The SMILES string of the molecule is COC(=O)c1ccnc(CNC(=O)c2cccc(OC(C)=O)c2)c1. The lowest BCUT2D eigenvalue weighted by Gasteiger charge is -2.07. The third-order valence-corrected chi connectivity index (χ3v) is 3.03. The van der Waals surface area contributed by atoms with Gasteiger partial charge in [-0.3, -0.25) is 14.6 Å². The van der Waals surface area contributed by atoms with Crippen LogP contribution in [0.2, 0.25) is 0 Å². The van der Waals surface area contributed by atoms with Gasteiger partial charge >= 0.3 is 11.9 Å². The lowest BCUT2D eigenvalue weighted by Crippen LogP contribution is -2.23. The molecule has 1 heterocycles. The summed E-state index contributed by atoms with van der Waals surface area (Å²) >= 11 is 0. The summed E-state index contributed by atoms with van der Waals surface area (Å²) in [6.45, 7) is 1.42. The van der Waals surface area contributed by atoms with Gasteiger partial charge in [-0.2, -0.15) is 0 Å². The van der Waals surface area contributed by atoms with E-state index in [1.165, 1.54) is 32.4 Å². The second-order valence-electron chi connectivity index (χ2n) is 4.83. The van der Waals surface area contributed by atoms with Crippen molar-refractivity contribution in [3.8, 4) is 5.75 Å². The molecule has 0 aliphatic heterocycles. The number of ether oxygens (including phenoxy) is 2. The fourth-order valence-electron chi connectivity index (χ4n) is 1.96. The van der Waals surface area contributed by atoms with Gasteiger partial charge in [0.15, 0.2) is 0 Å². The van der Waals surface area contributed by atoms with E-state index in [-0.39, 0.29) is 12.5 Å². The van der Waals surface area contributed by atoms with Crippen LogP contribution in [-0.4, -0.2) is 29.9 Å². The summed E-state index contributed by atoms with van der Waals surface area (Å²) in [6, 6.07) is 9.33. The number of methoxy groups -OCH3 is 1. The quantitative estimate of drug-likeness (QED) is 0.663. The number of esters is 2. The zero-order chi connectivity index (χ0) is 17.5. The largest absolute Gasteiger partial charge is 0.465 e. The van der Waals surface area contributed by atoms with Crippen molar-refractivity contribution in [1.82, 2.24) is 10.3 Å². The van der Waals surface area contributed by atoms with Gasteiger partial charge in [0, 0.05) is 18.7 Å². The van der Waals surface area contributed by atoms with Crippen LogP contribution >= 0.6 is 0 Å². The number of rotatable bonds is 5. The Bertz CT molecular complexity index is 773. The molecule has 124 valence electrons. The number of hydrogen-bond acceptors (Lipinski definition) is 6. The molecular weight excluding hydrogens is 312 g/mol. The first kappa shape index (κ1) is 17.1. The van der Waals surface area contributed by atoms with Crippen molar-refractivity contribution in [2.75, 3.05) is 7.11 Å². The number of amides is 1. The Morgan fingerprint density at radius 1 is 1.12 bits per heavy atom. The van der Waals surface area contributed by atoms with Crippen molar-refractivity contribution in [2.24, 2.45) is 0 Å². The summed E-state index contributed by atoms with van der Waals surface area (Å²) < 4.78 is 9.58. The summed E-state index contributed by atoms with van der Waals surface area (Å²) in [4.78, 5) is 38.7. The minimum Gasteiger partial charge on any atom is -0.465 e. The molecule has 1 amide bonds. The molecule has 0 spiro atoms. The van der Waals surface area contributed by atoms with E-state index in [1.54, 1.807) is 24.3 Å². The fraction of sp³-hybridized carbons (Fsp3) is 0.176.